The minimum atomic E-state index is 0.697. The Morgan fingerprint density at radius 2 is 1.95 bits per heavy atom. The summed E-state index contributed by atoms with van der Waals surface area (Å²) in [5.41, 5.74) is 10.8. The Kier molecular flexibility index (Phi) is 3.72. The van der Waals surface area contributed by atoms with Gasteiger partial charge in [0.1, 0.15) is 0 Å². The molecule has 0 saturated carbocycles. The van der Waals surface area contributed by atoms with Gasteiger partial charge in [-0.3, -0.25) is 0 Å². The summed E-state index contributed by atoms with van der Waals surface area (Å²) in [5, 5.41) is 8.87. The van der Waals surface area contributed by atoms with Gasteiger partial charge in [0.05, 0.1) is 23.0 Å². The third-order valence-corrected chi connectivity index (χ3v) is 3.23. The van der Waals surface area contributed by atoms with Crippen LogP contribution in [-0.4, -0.2) is 7.05 Å². The molecular weight excluding hydrogens is 234 g/mol. The van der Waals surface area contributed by atoms with E-state index in [0.717, 1.165) is 23.5 Å². The molecule has 0 radical (unpaired) electrons. The van der Waals surface area contributed by atoms with Crippen molar-refractivity contribution < 1.29 is 0 Å². The quantitative estimate of drug-likeness (QED) is 0.853. The first kappa shape index (κ1) is 13.0. The van der Waals surface area contributed by atoms with Crippen LogP contribution in [0.3, 0.4) is 0 Å². The van der Waals surface area contributed by atoms with E-state index in [9.17, 15) is 0 Å². The van der Waals surface area contributed by atoms with E-state index in [1.165, 1.54) is 5.56 Å². The van der Waals surface area contributed by atoms with Crippen LogP contribution in [-0.2, 0) is 6.54 Å². The van der Waals surface area contributed by atoms with Crippen molar-refractivity contribution in [2.45, 2.75) is 13.5 Å². The van der Waals surface area contributed by atoms with Gasteiger partial charge in [-0.25, -0.2) is 0 Å². The number of nitrogens with two attached hydrogens (primary N) is 1. The Morgan fingerprint density at radius 3 is 2.58 bits per heavy atom. The van der Waals surface area contributed by atoms with E-state index in [-0.39, 0.29) is 0 Å². The molecule has 0 bridgehead atoms. The third kappa shape index (κ3) is 2.86. The fourth-order valence-electron chi connectivity index (χ4n) is 2.12. The molecule has 0 aliphatic carbocycles. The predicted molar refractivity (Wildman–Crippen MR) is 78.9 cm³/mol. The Morgan fingerprint density at radius 1 is 1.21 bits per heavy atom. The van der Waals surface area contributed by atoms with E-state index in [1.807, 2.05) is 56.4 Å². The predicted octanol–water partition coefficient (Wildman–Crippen LogP) is 3.09. The average Bonchev–Trinajstić information content (AvgIpc) is 2.41. The van der Waals surface area contributed by atoms with Crippen molar-refractivity contribution in [1.82, 2.24) is 0 Å². The number of hydrogen-bond donors (Lipinski definition) is 1. The molecule has 0 aromatic heterocycles. The van der Waals surface area contributed by atoms with Crippen LogP contribution in [0, 0.1) is 18.3 Å². The highest BCUT2D eigenvalue weighted by Crippen LogP contribution is 2.23. The lowest BCUT2D eigenvalue weighted by Crippen LogP contribution is -2.18. The fraction of sp³-hybridized carbons (Fsp3) is 0.188. The van der Waals surface area contributed by atoms with Gasteiger partial charge in [0.25, 0.3) is 0 Å². The lowest BCUT2D eigenvalue weighted by molar-refractivity contribution is 0.915. The third-order valence-electron chi connectivity index (χ3n) is 3.23. The average molecular weight is 251 g/mol. The number of nitrogen functional groups attached to an aromatic ring is 1. The molecule has 19 heavy (non-hydrogen) atoms. The molecule has 0 heterocycles. The molecule has 2 rings (SSSR count). The minimum absolute atomic E-state index is 0.697. The number of benzene rings is 2. The van der Waals surface area contributed by atoms with Crippen LogP contribution in [0.4, 0.5) is 11.4 Å². The number of para-hydroxylation sites is 2. The standard InChI is InChI=1S/C16H17N3/c1-12-9-13(10-17)7-8-14(12)11-19(2)16-6-4-3-5-15(16)18/h3-9H,11,18H2,1-2H3. The van der Waals surface area contributed by atoms with Gasteiger partial charge in [-0.05, 0) is 42.3 Å². The highest BCUT2D eigenvalue weighted by molar-refractivity contribution is 5.67. The molecule has 0 atom stereocenters. The van der Waals surface area contributed by atoms with Crippen molar-refractivity contribution in [3.63, 3.8) is 0 Å². The number of hydrogen-bond acceptors (Lipinski definition) is 3. The van der Waals surface area contributed by atoms with Crippen LogP contribution in [0.1, 0.15) is 16.7 Å². The number of aryl methyl sites for hydroxylation is 1. The van der Waals surface area contributed by atoms with Crippen LogP contribution >= 0.6 is 0 Å². The maximum atomic E-state index is 8.87. The summed E-state index contributed by atoms with van der Waals surface area (Å²) >= 11 is 0. The second-order valence-electron chi connectivity index (χ2n) is 4.67. The summed E-state index contributed by atoms with van der Waals surface area (Å²) in [6.07, 6.45) is 0. The van der Waals surface area contributed by atoms with E-state index in [1.54, 1.807) is 0 Å². The molecule has 96 valence electrons. The van der Waals surface area contributed by atoms with Gasteiger partial charge in [-0.1, -0.05) is 18.2 Å². The van der Waals surface area contributed by atoms with E-state index < -0.39 is 0 Å². The second kappa shape index (κ2) is 5.45. The lowest BCUT2D eigenvalue weighted by Gasteiger charge is -2.22. The number of rotatable bonds is 3. The molecule has 0 spiro atoms. The summed E-state index contributed by atoms with van der Waals surface area (Å²) in [6, 6.07) is 15.7. The molecule has 0 saturated heterocycles. The van der Waals surface area contributed by atoms with Crippen molar-refractivity contribution in [3.8, 4) is 6.07 Å². The summed E-state index contributed by atoms with van der Waals surface area (Å²) in [7, 11) is 2.02. The zero-order chi connectivity index (χ0) is 13.8. The molecule has 0 aliphatic rings. The van der Waals surface area contributed by atoms with Gasteiger partial charge in [0.15, 0.2) is 0 Å². The van der Waals surface area contributed by atoms with Gasteiger partial charge in [0.2, 0.25) is 0 Å². The summed E-state index contributed by atoms with van der Waals surface area (Å²) in [4.78, 5) is 2.11. The van der Waals surface area contributed by atoms with Gasteiger partial charge in [0, 0.05) is 13.6 Å². The number of nitrogens with zero attached hydrogens (tertiary/aromatic N) is 2. The van der Waals surface area contributed by atoms with Crippen LogP contribution < -0.4 is 10.6 Å². The van der Waals surface area contributed by atoms with Crippen molar-refractivity contribution in [2.75, 3.05) is 17.7 Å². The van der Waals surface area contributed by atoms with E-state index in [2.05, 4.69) is 11.0 Å². The van der Waals surface area contributed by atoms with Gasteiger partial charge >= 0.3 is 0 Å². The van der Waals surface area contributed by atoms with Crippen LogP contribution in [0.2, 0.25) is 0 Å². The molecule has 2 aromatic carbocycles. The van der Waals surface area contributed by atoms with Crippen LogP contribution in [0.15, 0.2) is 42.5 Å². The molecule has 0 unspecified atom stereocenters. The Labute approximate surface area is 113 Å². The van der Waals surface area contributed by atoms with Crippen LogP contribution in [0.5, 0.6) is 0 Å². The van der Waals surface area contributed by atoms with Crippen molar-refractivity contribution >= 4 is 11.4 Å². The van der Waals surface area contributed by atoms with Crippen molar-refractivity contribution in [2.24, 2.45) is 0 Å². The topological polar surface area (TPSA) is 53.0 Å². The SMILES string of the molecule is Cc1cc(C#N)ccc1CN(C)c1ccccc1N. The summed E-state index contributed by atoms with van der Waals surface area (Å²) in [5.74, 6) is 0. The van der Waals surface area contributed by atoms with Gasteiger partial charge in [-0.15, -0.1) is 0 Å². The normalized spacial score (nSPS) is 9.95. The summed E-state index contributed by atoms with van der Waals surface area (Å²) < 4.78 is 0. The highest BCUT2D eigenvalue weighted by atomic mass is 15.1. The first-order chi connectivity index (χ1) is 9.11. The summed E-state index contributed by atoms with van der Waals surface area (Å²) in [6.45, 7) is 2.80. The maximum absolute atomic E-state index is 8.87. The highest BCUT2D eigenvalue weighted by Gasteiger charge is 2.07. The largest absolute Gasteiger partial charge is 0.397 e. The zero-order valence-corrected chi connectivity index (χ0v) is 11.2. The zero-order valence-electron chi connectivity index (χ0n) is 11.2. The van der Waals surface area contributed by atoms with E-state index in [4.69, 9.17) is 11.0 Å². The number of anilines is 2. The minimum Gasteiger partial charge on any atom is -0.397 e. The molecular formula is C16H17N3. The fourth-order valence-corrected chi connectivity index (χ4v) is 2.12. The number of nitriles is 1. The molecule has 2 aromatic rings. The Balaban J connectivity index is 2.22. The first-order valence-electron chi connectivity index (χ1n) is 6.17. The smallest absolute Gasteiger partial charge is 0.0991 e. The van der Waals surface area contributed by atoms with Gasteiger partial charge < -0.3 is 10.6 Å². The Hall–Kier alpha value is -2.47. The molecule has 3 nitrogen and oxygen atoms in total. The van der Waals surface area contributed by atoms with Gasteiger partial charge in [-0.2, -0.15) is 5.26 Å². The van der Waals surface area contributed by atoms with E-state index >= 15 is 0 Å². The maximum Gasteiger partial charge on any atom is 0.0991 e. The monoisotopic (exact) mass is 251 g/mol. The van der Waals surface area contributed by atoms with Crippen molar-refractivity contribution in [3.05, 3.63) is 59.2 Å². The molecule has 3 heteroatoms. The second-order valence-corrected chi connectivity index (χ2v) is 4.67. The van der Waals surface area contributed by atoms with Crippen LogP contribution in [0.25, 0.3) is 0 Å². The molecule has 0 amide bonds. The molecule has 0 aliphatic heterocycles. The Bertz CT molecular complexity index is 626. The lowest BCUT2D eigenvalue weighted by atomic mass is 10.0. The molecule has 2 N–H and O–H groups in total. The molecule has 0 fully saturated rings. The first-order valence-corrected chi connectivity index (χ1v) is 6.17. The van der Waals surface area contributed by atoms with E-state index in [0.29, 0.717) is 5.56 Å². The van der Waals surface area contributed by atoms with Crippen molar-refractivity contribution in [1.29, 1.82) is 5.26 Å².